The Morgan fingerprint density at radius 2 is 1.67 bits per heavy atom. The Morgan fingerprint density at radius 1 is 0.963 bits per heavy atom. The van der Waals surface area contributed by atoms with Crippen LogP contribution in [0.1, 0.15) is 21.5 Å². The maximum atomic E-state index is 12.0. The van der Waals surface area contributed by atoms with Gasteiger partial charge in [-0.3, -0.25) is 4.79 Å². The summed E-state index contributed by atoms with van der Waals surface area (Å²) < 4.78 is 11.2. The van der Waals surface area contributed by atoms with E-state index in [4.69, 9.17) is 9.47 Å². The number of ether oxygens (including phenoxy) is 2. The van der Waals surface area contributed by atoms with Crippen LogP contribution in [0.4, 0.5) is 0 Å². The van der Waals surface area contributed by atoms with E-state index in [1.54, 1.807) is 43.7 Å². The Hall–Kier alpha value is -3.60. The molecule has 0 radical (unpaired) electrons. The summed E-state index contributed by atoms with van der Waals surface area (Å²) in [6.07, 6.45) is 1.56. The van der Waals surface area contributed by atoms with Crippen molar-refractivity contribution in [3.05, 3.63) is 95.6 Å². The standard InChI is InChI=1S/C22H20N2O3/c1-26-21-14-18(15-23-24-22(25)19-10-6-3-7-11-19)12-13-20(21)27-16-17-8-4-2-5-9-17/h2-15H,16H2,1H3,(H,24,25)/b23-15-. The average Bonchev–Trinajstić information content (AvgIpc) is 2.74. The summed E-state index contributed by atoms with van der Waals surface area (Å²) in [5.74, 6) is 0.984. The van der Waals surface area contributed by atoms with Crippen molar-refractivity contribution in [2.45, 2.75) is 6.61 Å². The van der Waals surface area contributed by atoms with Crippen LogP contribution >= 0.6 is 0 Å². The Bertz CT molecular complexity index is 909. The highest BCUT2D eigenvalue weighted by Gasteiger charge is 2.06. The number of hydrogen-bond donors (Lipinski definition) is 1. The third-order valence-electron chi connectivity index (χ3n) is 3.84. The van der Waals surface area contributed by atoms with Gasteiger partial charge in [-0.2, -0.15) is 5.10 Å². The van der Waals surface area contributed by atoms with Crippen molar-refractivity contribution in [1.29, 1.82) is 0 Å². The van der Waals surface area contributed by atoms with Crippen molar-refractivity contribution in [2.75, 3.05) is 7.11 Å². The molecule has 3 aromatic rings. The molecule has 0 heterocycles. The Kier molecular flexibility index (Phi) is 6.20. The van der Waals surface area contributed by atoms with Crippen molar-refractivity contribution in [3.8, 4) is 11.5 Å². The number of rotatable bonds is 7. The van der Waals surface area contributed by atoms with E-state index in [9.17, 15) is 4.79 Å². The quantitative estimate of drug-likeness (QED) is 0.511. The molecule has 136 valence electrons. The van der Waals surface area contributed by atoms with Gasteiger partial charge in [-0.05, 0) is 41.5 Å². The zero-order valence-electron chi connectivity index (χ0n) is 15.0. The van der Waals surface area contributed by atoms with Crippen LogP contribution in [-0.2, 0) is 6.61 Å². The second kappa shape index (κ2) is 9.20. The molecule has 0 saturated heterocycles. The van der Waals surface area contributed by atoms with Gasteiger partial charge < -0.3 is 9.47 Å². The Balaban J connectivity index is 1.62. The lowest BCUT2D eigenvalue weighted by molar-refractivity contribution is 0.0955. The molecule has 0 atom stereocenters. The van der Waals surface area contributed by atoms with Crippen molar-refractivity contribution in [3.63, 3.8) is 0 Å². The third-order valence-corrected chi connectivity index (χ3v) is 3.84. The minimum absolute atomic E-state index is 0.262. The largest absolute Gasteiger partial charge is 0.493 e. The minimum atomic E-state index is -0.262. The second-order valence-corrected chi connectivity index (χ2v) is 5.75. The lowest BCUT2D eigenvalue weighted by atomic mass is 10.2. The van der Waals surface area contributed by atoms with Gasteiger partial charge in [0.05, 0.1) is 13.3 Å². The number of carbonyl (C=O) groups excluding carboxylic acids is 1. The molecule has 5 nitrogen and oxygen atoms in total. The normalized spacial score (nSPS) is 10.6. The summed E-state index contributed by atoms with van der Waals surface area (Å²) in [6.45, 7) is 0.456. The van der Waals surface area contributed by atoms with E-state index in [1.165, 1.54) is 0 Å². The third kappa shape index (κ3) is 5.19. The smallest absolute Gasteiger partial charge is 0.271 e. The average molecular weight is 360 g/mol. The molecule has 27 heavy (non-hydrogen) atoms. The van der Waals surface area contributed by atoms with Crippen LogP contribution in [0, 0.1) is 0 Å². The predicted octanol–water partition coefficient (Wildman–Crippen LogP) is 4.04. The molecule has 0 bridgehead atoms. The lowest BCUT2D eigenvalue weighted by Gasteiger charge is -2.11. The zero-order chi connectivity index (χ0) is 18.9. The molecule has 0 aliphatic carbocycles. The highest BCUT2D eigenvalue weighted by Crippen LogP contribution is 2.28. The van der Waals surface area contributed by atoms with Crippen LogP contribution in [0.25, 0.3) is 0 Å². The molecule has 0 aromatic heterocycles. The number of nitrogens with one attached hydrogen (secondary N) is 1. The number of benzene rings is 3. The summed E-state index contributed by atoms with van der Waals surface area (Å²) in [6, 6.07) is 24.3. The number of methoxy groups -OCH3 is 1. The van der Waals surface area contributed by atoms with Gasteiger partial charge in [0.2, 0.25) is 0 Å². The molecule has 3 rings (SSSR count). The van der Waals surface area contributed by atoms with Crippen LogP contribution in [0.3, 0.4) is 0 Å². The molecule has 1 N–H and O–H groups in total. The van der Waals surface area contributed by atoms with Crippen molar-refractivity contribution >= 4 is 12.1 Å². The van der Waals surface area contributed by atoms with Gasteiger partial charge in [-0.25, -0.2) is 5.43 Å². The number of carbonyl (C=O) groups is 1. The molecule has 0 spiro atoms. The molecule has 0 aliphatic heterocycles. The predicted molar refractivity (Wildman–Crippen MR) is 105 cm³/mol. The maximum absolute atomic E-state index is 12.0. The highest BCUT2D eigenvalue weighted by atomic mass is 16.5. The van der Waals surface area contributed by atoms with Crippen molar-refractivity contribution < 1.29 is 14.3 Å². The summed E-state index contributed by atoms with van der Waals surface area (Å²) in [4.78, 5) is 12.0. The van der Waals surface area contributed by atoms with E-state index in [1.807, 2.05) is 48.5 Å². The first-order valence-corrected chi connectivity index (χ1v) is 8.49. The molecular weight excluding hydrogens is 340 g/mol. The van der Waals surface area contributed by atoms with Gasteiger partial charge in [0.15, 0.2) is 11.5 Å². The van der Waals surface area contributed by atoms with Crippen LogP contribution in [0.15, 0.2) is 84.0 Å². The monoisotopic (exact) mass is 360 g/mol. The van der Waals surface area contributed by atoms with Crippen LogP contribution in [-0.4, -0.2) is 19.2 Å². The topological polar surface area (TPSA) is 59.9 Å². The molecule has 0 aliphatic rings. The highest BCUT2D eigenvalue weighted by molar-refractivity contribution is 5.94. The molecular formula is C22H20N2O3. The van der Waals surface area contributed by atoms with Crippen LogP contribution in [0.5, 0.6) is 11.5 Å². The van der Waals surface area contributed by atoms with Gasteiger partial charge >= 0.3 is 0 Å². The number of hydrogen-bond acceptors (Lipinski definition) is 4. The molecule has 5 heteroatoms. The van der Waals surface area contributed by atoms with Gasteiger partial charge in [-0.1, -0.05) is 48.5 Å². The fourth-order valence-electron chi connectivity index (χ4n) is 2.44. The molecule has 0 saturated carbocycles. The Morgan fingerprint density at radius 3 is 2.37 bits per heavy atom. The van der Waals surface area contributed by atoms with Crippen molar-refractivity contribution in [2.24, 2.45) is 5.10 Å². The van der Waals surface area contributed by atoms with E-state index in [2.05, 4.69) is 10.5 Å². The lowest BCUT2D eigenvalue weighted by Crippen LogP contribution is -2.17. The second-order valence-electron chi connectivity index (χ2n) is 5.75. The van der Waals surface area contributed by atoms with Crippen LogP contribution in [0.2, 0.25) is 0 Å². The Labute approximate surface area is 158 Å². The van der Waals surface area contributed by atoms with E-state index >= 15 is 0 Å². The van der Waals surface area contributed by atoms with Gasteiger partial charge in [0.1, 0.15) is 6.61 Å². The van der Waals surface area contributed by atoms with Gasteiger partial charge in [0, 0.05) is 5.56 Å². The van der Waals surface area contributed by atoms with Crippen LogP contribution < -0.4 is 14.9 Å². The first kappa shape index (κ1) is 18.2. The summed E-state index contributed by atoms with van der Waals surface area (Å²) in [7, 11) is 1.59. The first-order chi connectivity index (χ1) is 13.3. The van der Waals surface area contributed by atoms with E-state index < -0.39 is 0 Å². The zero-order valence-corrected chi connectivity index (χ0v) is 15.0. The van der Waals surface area contributed by atoms with E-state index in [0.717, 1.165) is 11.1 Å². The summed E-state index contributed by atoms with van der Waals surface area (Å²) in [5, 5.41) is 4.00. The maximum Gasteiger partial charge on any atom is 0.271 e. The fourth-order valence-corrected chi connectivity index (χ4v) is 2.44. The first-order valence-electron chi connectivity index (χ1n) is 8.49. The SMILES string of the molecule is COc1cc(/C=N\NC(=O)c2ccccc2)ccc1OCc1ccccc1. The molecule has 3 aromatic carbocycles. The number of nitrogens with zero attached hydrogens (tertiary/aromatic N) is 1. The fraction of sp³-hybridized carbons (Fsp3) is 0.0909. The van der Waals surface area contributed by atoms with E-state index in [0.29, 0.717) is 23.7 Å². The minimum Gasteiger partial charge on any atom is -0.493 e. The van der Waals surface area contributed by atoms with Gasteiger partial charge in [0.25, 0.3) is 5.91 Å². The summed E-state index contributed by atoms with van der Waals surface area (Å²) >= 11 is 0. The molecule has 0 fully saturated rings. The molecule has 1 amide bonds. The number of hydrazone groups is 1. The number of amides is 1. The molecule has 0 unspecified atom stereocenters. The van der Waals surface area contributed by atoms with E-state index in [-0.39, 0.29) is 5.91 Å². The van der Waals surface area contributed by atoms with Gasteiger partial charge in [-0.15, -0.1) is 0 Å². The van der Waals surface area contributed by atoms with Crippen molar-refractivity contribution in [1.82, 2.24) is 5.43 Å². The summed E-state index contributed by atoms with van der Waals surface area (Å²) in [5.41, 5.74) is 4.92.